The lowest BCUT2D eigenvalue weighted by molar-refractivity contribution is 0.00424. The molecule has 2 aromatic carbocycles. The molecule has 0 bridgehead atoms. The summed E-state index contributed by atoms with van der Waals surface area (Å²) in [5.41, 5.74) is -0.512. The van der Waals surface area contributed by atoms with E-state index in [9.17, 15) is 18.7 Å². The number of carbonyl (C=O) groups excluding carboxylic acids is 1. The average Bonchev–Trinajstić information content (AvgIpc) is 2.98. The summed E-state index contributed by atoms with van der Waals surface area (Å²) in [4.78, 5) is 13.7. The molecule has 2 aromatic rings. The summed E-state index contributed by atoms with van der Waals surface area (Å²) < 4.78 is 32.7. The molecule has 1 unspecified atom stereocenters. The van der Waals surface area contributed by atoms with Crippen LogP contribution >= 0.6 is 0 Å². The first kappa shape index (κ1) is 17.4. The number of hydrogen-bond acceptors (Lipinski definition) is 3. The Balaban J connectivity index is 1.65. The van der Waals surface area contributed by atoms with Crippen LogP contribution in [0.3, 0.4) is 0 Å². The van der Waals surface area contributed by atoms with Crippen molar-refractivity contribution in [3.8, 4) is 5.75 Å². The summed E-state index contributed by atoms with van der Waals surface area (Å²) in [6, 6.07) is 10.9. The maximum atomic E-state index is 13.8. The number of ether oxygens (including phenoxy) is 1. The van der Waals surface area contributed by atoms with E-state index in [2.05, 4.69) is 0 Å². The van der Waals surface area contributed by atoms with E-state index in [4.69, 9.17) is 4.74 Å². The minimum atomic E-state index is -1.22. The largest absolute Gasteiger partial charge is 0.491 e. The van der Waals surface area contributed by atoms with Crippen LogP contribution in [0.5, 0.6) is 5.75 Å². The number of benzene rings is 2. The van der Waals surface area contributed by atoms with Gasteiger partial charge in [0.25, 0.3) is 5.91 Å². The van der Waals surface area contributed by atoms with Crippen molar-refractivity contribution < 1.29 is 23.4 Å². The number of aliphatic hydroxyl groups is 1. The van der Waals surface area contributed by atoms with Gasteiger partial charge in [0.1, 0.15) is 18.0 Å². The number of β-amino-alcohol motifs (C(OH)–C–C–N with tert-alkyl or cyclic N) is 1. The van der Waals surface area contributed by atoms with Crippen molar-refractivity contribution in [3.63, 3.8) is 0 Å². The van der Waals surface area contributed by atoms with Gasteiger partial charge < -0.3 is 14.7 Å². The zero-order valence-corrected chi connectivity index (χ0v) is 13.8. The smallest absolute Gasteiger partial charge is 0.257 e. The Hall–Kier alpha value is -2.47. The molecule has 0 spiro atoms. The zero-order chi connectivity index (χ0) is 18.0. The molecule has 1 fully saturated rings. The fourth-order valence-corrected chi connectivity index (χ4v) is 2.91. The van der Waals surface area contributed by atoms with Crippen molar-refractivity contribution in [2.45, 2.75) is 18.9 Å². The molecule has 1 heterocycles. The van der Waals surface area contributed by atoms with E-state index in [0.717, 1.165) is 11.6 Å². The van der Waals surface area contributed by atoms with Gasteiger partial charge in [0.15, 0.2) is 11.6 Å². The lowest BCUT2D eigenvalue weighted by Crippen LogP contribution is -2.40. The maximum absolute atomic E-state index is 13.8. The van der Waals surface area contributed by atoms with Crippen molar-refractivity contribution in [1.29, 1.82) is 0 Å². The van der Waals surface area contributed by atoms with Gasteiger partial charge >= 0.3 is 0 Å². The number of halogens is 2. The second-order valence-corrected chi connectivity index (χ2v) is 6.41. The fourth-order valence-electron chi connectivity index (χ4n) is 2.91. The van der Waals surface area contributed by atoms with Crippen LogP contribution in [-0.4, -0.2) is 41.2 Å². The molecule has 1 aliphatic rings. The van der Waals surface area contributed by atoms with Gasteiger partial charge in [-0.05, 0) is 43.2 Å². The molecule has 1 saturated heterocycles. The van der Waals surface area contributed by atoms with E-state index in [1.165, 1.54) is 17.0 Å². The Kier molecular flexibility index (Phi) is 4.72. The van der Waals surface area contributed by atoms with Gasteiger partial charge in [-0.1, -0.05) is 18.2 Å². The zero-order valence-electron chi connectivity index (χ0n) is 13.8. The van der Waals surface area contributed by atoms with Crippen LogP contribution in [0.4, 0.5) is 8.78 Å². The number of rotatable bonds is 4. The van der Waals surface area contributed by atoms with Crippen LogP contribution in [-0.2, 0) is 0 Å². The van der Waals surface area contributed by atoms with Gasteiger partial charge in [0.05, 0.1) is 12.1 Å². The first-order valence-electron chi connectivity index (χ1n) is 8.03. The molecular formula is C19H19F2NO3. The minimum absolute atomic E-state index is 0.00754. The predicted octanol–water partition coefficient (Wildman–Crippen LogP) is 2.93. The second kappa shape index (κ2) is 6.80. The fraction of sp³-hybridized carbons (Fsp3) is 0.316. The number of nitrogens with zero attached hydrogens (tertiary/aromatic N) is 1. The first-order chi connectivity index (χ1) is 11.9. The summed E-state index contributed by atoms with van der Waals surface area (Å²) >= 11 is 0. The highest BCUT2D eigenvalue weighted by Gasteiger charge is 2.39. The first-order valence-corrected chi connectivity index (χ1v) is 8.03. The van der Waals surface area contributed by atoms with E-state index >= 15 is 0 Å². The van der Waals surface area contributed by atoms with Crippen LogP contribution in [0.2, 0.25) is 0 Å². The van der Waals surface area contributed by atoms with Crippen molar-refractivity contribution in [2.75, 3.05) is 19.7 Å². The quantitative estimate of drug-likeness (QED) is 0.925. The summed E-state index contributed by atoms with van der Waals surface area (Å²) in [6.07, 6.45) is 0.307. The van der Waals surface area contributed by atoms with Crippen molar-refractivity contribution in [1.82, 2.24) is 4.90 Å². The molecule has 0 radical (unpaired) electrons. The molecule has 132 valence electrons. The normalized spacial score (nSPS) is 19.9. The molecule has 25 heavy (non-hydrogen) atoms. The van der Waals surface area contributed by atoms with Gasteiger partial charge in [0, 0.05) is 6.54 Å². The summed E-state index contributed by atoms with van der Waals surface area (Å²) in [5, 5.41) is 10.6. The molecule has 0 aromatic heterocycles. The third-order valence-corrected chi connectivity index (χ3v) is 4.30. The molecule has 0 aliphatic carbocycles. The molecule has 3 rings (SSSR count). The predicted molar refractivity (Wildman–Crippen MR) is 88.5 cm³/mol. The van der Waals surface area contributed by atoms with Crippen LogP contribution in [0.1, 0.15) is 22.3 Å². The third-order valence-electron chi connectivity index (χ3n) is 4.30. The van der Waals surface area contributed by atoms with Crippen LogP contribution in [0.15, 0.2) is 42.5 Å². The van der Waals surface area contributed by atoms with E-state index < -0.39 is 23.1 Å². The molecule has 6 heteroatoms. The number of likely N-dealkylation sites (tertiary alicyclic amines) is 1. The standard InChI is InChI=1S/C19H19F2NO3/c1-13-4-2-5-14(10-13)25-12-19(24)8-9-22(11-19)18(23)15-6-3-7-16(20)17(15)21/h2-7,10,24H,8-9,11-12H2,1H3. The Morgan fingerprint density at radius 1 is 1.28 bits per heavy atom. The second-order valence-electron chi connectivity index (χ2n) is 6.41. The van der Waals surface area contributed by atoms with Gasteiger partial charge in [-0.2, -0.15) is 0 Å². The van der Waals surface area contributed by atoms with Crippen LogP contribution in [0.25, 0.3) is 0 Å². The van der Waals surface area contributed by atoms with Gasteiger partial charge in [-0.25, -0.2) is 8.78 Å². The van der Waals surface area contributed by atoms with Crippen molar-refractivity contribution >= 4 is 5.91 Å². The van der Waals surface area contributed by atoms with E-state index in [1.807, 2.05) is 25.1 Å². The Morgan fingerprint density at radius 3 is 2.80 bits per heavy atom. The molecule has 4 nitrogen and oxygen atoms in total. The molecule has 1 aliphatic heterocycles. The highest BCUT2D eigenvalue weighted by Crippen LogP contribution is 2.25. The average molecular weight is 347 g/mol. The van der Waals surface area contributed by atoms with Gasteiger partial charge in [-0.15, -0.1) is 0 Å². The SMILES string of the molecule is Cc1cccc(OCC2(O)CCN(C(=O)c3cccc(F)c3F)C2)c1. The van der Waals surface area contributed by atoms with Crippen molar-refractivity contribution in [3.05, 3.63) is 65.2 Å². The van der Waals surface area contributed by atoms with Gasteiger partial charge in [0.2, 0.25) is 0 Å². The molecule has 1 amide bonds. The lowest BCUT2D eigenvalue weighted by atomic mass is 10.1. The lowest BCUT2D eigenvalue weighted by Gasteiger charge is -2.24. The maximum Gasteiger partial charge on any atom is 0.257 e. The Bertz CT molecular complexity index is 796. The van der Waals surface area contributed by atoms with Crippen LogP contribution < -0.4 is 4.74 Å². The number of hydrogen-bond donors (Lipinski definition) is 1. The molecular weight excluding hydrogens is 328 g/mol. The summed E-state index contributed by atoms with van der Waals surface area (Å²) in [6.45, 7) is 2.22. The van der Waals surface area contributed by atoms with E-state index in [1.54, 1.807) is 6.07 Å². The monoisotopic (exact) mass is 347 g/mol. The van der Waals surface area contributed by atoms with Crippen LogP contribution in [0, 0.1) is 18.6 Å². The highest BCUT2D eigenvalue weighted by atomic mass is 19.2. The number of carbonyl (C=O) groups is 1. The number of amides is 1. The minimum Gasteiger partial charge on any atom is -0.491 e. The summed E-state index contributed by atoms with van der Waals surface area (Å²) in [5.74, 6) is -2.24. The Labute approximate surface area is 144 Å². The molecule has 0 saturated carbocycles. The topological polar surface area (TPSA) is 49.8 Å². The van der Waals surface area contributed by atoms with Crippen molar-refractivity contribution in [2.24, 2.45) is 0 Å². The van der Waals surface area contributed by atoms with Gasteiger partial charge in [-0.3, -0.25) is 4.79 Å². The molecule has 1 atom stereocenters. The highest BCUT2D eigenvalue weighted by molar-refractivity contribution is 5.94. The van der Waals surface area contributed by atoms with E-state index in [0.29, 0.717) is 12.2 Å². The Morgan fingerprint density at radius 2 is 2.04 bits per heavy atom. The van der Waals surface area contributed by atoms with E-state index in [-0.39, 0.29) is 25.3 Å². The molecule has 1 N–H and O–H groups in total. The third kappa shape index (κ3) is 3.79. The summed E-state index contributed by atoms with van der Waals surface area (Å²) in [7, 11) is 0. The number of aryl methyl sites for hydroxylation is 1.